The first-order valence-corrected chi connectivity index (χ1v) is 14.9. The molecule has 3 aromatic heterocycles. The van der Waals surface area contributed by atoms with Gasteiger partial charge < -0.3 is 5.32 Å². The summed E-state index contributed by atoms with van der Waals surface area (Å²) in [6, 6.07) is 3.85. The Kier molecular flexibility index (Phi) is 9.68. The third-order valence-corrected chi connectivity index (χ3v) is 7.40. The minimum absolute atomic E-state index is 0.0720. The maximum atomic E-state index is 13.8. The number of fused-ring (bicyclic) bond motifs is 1. The second kappa shape index (κ2) is 12.9. The van der Waals surface area contributed by atoms with Crippen LogP contribution in [0.4, 0.5) is 0 Å². The monoisotopic (exact) mass is 572 g/mol. The van der Waals surface area contributed by atoms with Crippen molar-refractivity contribution in [3.8, 4) is 0 Å². The van der Waals surface area contributed by atoms with Crippen LogP contribution in [-0.2, 0) is 17.9 Å². The average Bonchev–Trinajstić information content (AvgIpc) is 3.32. The van der Waals surface area contributed by atoms with E-state index in [0.29, 0.717) is 35.4 Å². The van der Waals surface area contributed by atoms with Crippen LogP contribution < -0.4 is 16.2 Å². The van der Waals surface area contributed by atoms with Gasteiger partial charge in [-0.15, -0.1) is 0 Å². The third-order valence-electron chi connectivity index (χ3n) is 7.40. The van der Waals surface area contributed by atoms with Gasteiger partial charge in [-0.3, -0.25) is 0 Å². The van der Waals surface area contributed by atoms with Gasteiger partial charge in [0.15, 0.2) is 5.65 Å². The van der Waals surface area contributed by atoms with Crippen LogP contribution in [0.5, 0.6) is 0 Å². The molecule has 0 aliphatic carbocycles. The molecule has 0 saturated heterocycles. The number of carbonyl (C=O) groups is 1. The normalized spacial score (nSPS) is 16.2. The molecule has 224 valence electrons. The standard InChI is InChI=1S/C32H45BN6O3/c1-20(2)39-28-26(18-35-39)24(14-27(37-28)23-15-31(4,5)38-32(6,7)16-23)29(40)34-17-25-22(13-21(3)36-30(25)41)19-42-12-10-9-11-33-8/h11,13-15,18,20,38H,9-10,12,16-17,19H2,1-8H3,(H,34,40)(H,36,41). The van der Waals surface area contributed by atoms with Gasteiger partial charge in [0, 0.05) is 17.1 Å². The summed E-state index contributed by atoms with van der Waals surface area (Å²) in [4.78, 5) is 34.6. The van der Waals surface area contributed by atoms with E-state index in [1.807, 2.05) is 51.3 Å². The van der Waals surface area contributed by atoms with Crippen LogP contribution >= 0.6 is 0 Å². The topological polar surface area (TPSA) is 114 Å². The van der Waals surface area contributed by atoms with Crippen molar-refractivity contribution in [3.05, 3.63) is 62.8 Å². The van der Waals surface area contributed by atoms with Gasteiger partial charge in [-0.05, 0) is 59.6 Å². The molecular weight excluding hydrogens is 527 g/mol. The van der Waals surface area contributed by atoms with Gasteiger partial charge in [-0.1, -0.05) is 6.08 Å². The molecule has 0 atom stereocenters. The van der Waals surface area contributed by atoms with E-state index >= 15 is 0 Å². The second-order valence-corrected chi connectivity index (χ2v) is 12.8. The molecule has 0 radical (unpaired) electrons. The van der Waals surface area contributed by atoms with Gasteiger partial charge in [0.2, 0.25) is 0 Å². The fraction of sp³-hybridized carbons (Fsp3) is 0.531. The van der Waals surface area contributed by atoms with Gasteiger partial charge in [0.25, 0.3) is 0 Å². The maximum absolute atomic E-state index is 13.8. The van der Waals surface area contributed by atoms with E-state index in [1.165, 1.54) is 0 Å². The minimum atomic E-state index is -0.279. The summed E-state index contributed by atoms with van der Waals surface area (Å²) in [5.74, 6) is 1.83. The van der Waals surface area contributed by atoms with Crippen molar-refractivity contribution in [2.45, 2.75) is 105 Å². The fourth-order valence-corrected chi connectivity index (χ4v) is 5.85. The van der Waals surface area contributed by atoms with Crippen LogP contribution in [0.15, 0.2) is 29.2 Å². The Morgan fingerprint density at radius 2 is 2.02 bits per heavy atom. The van der Waals surface area contributed by atoms with Crippen molar-refractivity contribution in [2.75, 3.05) is 6.61 Å². The summed E-state index contributed by atoms with van der Waals surface area (Å²) in [7, 11) is 0. The number of aromatic amines is 1. The molecule has 4 rings (SSSR count). The van der Waals surface area contributed by atoms with Crippen LogP contribution in [0.1, 0.15) is 99.7 Å². The van der Waals surface area contributed by atoms with E-state index in [-0.39, 0.29) is 35.1 Å². The summed E-state index contributed by atoms with van der Waals surface area (Å²) >= 11 is 0. The van der Waals surface area contributed by atoms with E-state index in [0.717, 1.165) is 41.8 Å². The molecule has 0 spiro atoms. The molecule has 1 aliphatic rings. The molecule has 10 heteroatoms. The Labute approximate surface area is 249 Å². The number of unbranched alkanes of at least 4 members (excludes halogenated alkanes) is 1. The van der Waals surface area contributed by atoms with Crippen LogP contribution in [0, 0.1) is 6.92 Å². The molecule has 0 aromatic carbocycles. The summed E-state index contributed by atoms with van der Waals surface area (Å²) < 4.78 is 7.73. The number of hydrogen-bond acceptors (Lipinski definition) is 6. The summed E-state index contributed by atoms with van der Waals surface area (Å²) in [5.41, 5.74) is 4.44. The Hall–Kier alpha value is -3.37. The minimum Gasteiger partial charge on any atom is -0.303 e. The number of aryl methyl sites for hydroxylation is 1. The molecule has 0 saturated carbocycles. The molecule has 0 fully saturated rings. The zero-order valence-electron chi connectivity index (χ0n) is 26.4. The summed E-state index contributed by atoms with van der Waals surface area (Å²) in [6.07, 6.45) is 6.52. The van der Waals surface area contributed by atoms with Gasteiger partial charge in [-0.25, -0.2) is 9.67 Å². The number of aromatic nitrogens is 4. The van der Waals surface area contributed by atoms with Gasteiger partial charge in [-0.2, -0.15) is 5.10 Å². The predicted octanol–water partition coefficient (Wildman–Crippen LogP) is 4.72. The Bertz CT molecular complexity index is 1560. The number of nitrogens with zero attached hydrogens (tertiary/aromatic N) is 3. The van der Waals surface area contributed by atoms with Crippen LogP contribution in [-0.4, -0.2) is 56.2 Å². The number of pyridine rings is 2. The first-order valence-electron chi connectivity index (χ1n) is 14.9. The van der Waals surface area contributed by atoms with Gasteiger partial charge >= 0.3 is 124 Å². The molecule has 42 heavy (non-hydrogen) atoms. The van der Waals surface area contributed by atoms with E-state index in [1.54, 1.807) is 6.20 Å². The number of H-pyrrole nitrogens is 1. The fourth-order valence-electron chi connectivity index (χ4n) is 5.85. The molecule has 3 N–H and O–H groups in total. The first-order chi connectivity index (χ1) is 19.8. The zero-order valence-corrected chi connectivity index (χ0v) is 26.4. The number of ether oxygens (including phenoxy) is 1. The van der Waals surface area contributed by atoms with Crippen LogP contribution in [0.25, 0.3) is 16.6 Å². The van der Waals surface area contributed by atoms with Crippen molar-refractivity contribution in [1.82, 2.24) is 30.4 Å². The predicted molar refractivity (Wildman–Crippen MR) is 171 cm³/mol. The number of rotatable bonds is 11. The summed E-state index contributed by atoms with van der Waals surface area (Å²) in [5, 5.41) is 11.9. The van der Waals surface area contributed by atoms with Gasteiger partial charge in [0.05, 0.1) is 17.3 Å². The number of amides is 1. The smallest absolute Gasteiger partial charge is 0.303 e. The van der Waals surface area contributed by atoms with E-state index in [9.17, 15) is 9.59 Å². The molecule has 1 aliphatic heterocycles. The first kappa shape index (κ1) is 31.6. The van der Waals surface area contributed by atoms with Crippen molar-refractivity contribution in [2.24, 2.45) is 0 Å². The average molecular weight is 573 g/mol. The Balaban J connectivity index is 1.65. The number of nitrogens with one attached hydrogen (secondary N) is 3. The van der Waals surface area contributed by atoms with E-state index in [4.69, 9.17) is 9.72 Å². The second-order valence-electron chi connectivity index (χ2n) is 12.8. The summed E-state index contributed by atoms with van der Waals surface area (Å²) in [6.45, 7) is 19.6. The number of hydrogen-bond donors (Lipinski definition) is 3. The molecule has 0 bridgehead atoms. The molecular formula is C32H45BN6O3. The third kappa shape index (κ3) is 7.52. The van der Waals surface area contributed by atoms with Crippen molar-refractivity contribution in [3.63, 3.8) is 0 Å². The van der Waals surface area contributed by atoms with Crippen LogP contribution in [0.2, 0.25) is 6.82 Å². The molecule has 0 unspecified atom stereocenters. The Morgan fingerprint density at radius 1 is 1.26 bits per heavy atom. The quantitative estimate of drug-likeness (QED) is 0.226. The number of carbonyl (C=O) groups excluding carboxylic acids is 1. The molecule has 4 heterocycles. The molecule has 1 amide bonds. The van der Waals surface area contributed by atoms with Gasteiger partial charge in [0.1, 0.15) is 0 Å². The Morgan fingerprint density at radius 3 is 2.71 bits per heavy atom. The van der Waals surface area contributed by atoms with Crippen molar-refractivity contribution in [1.29, 1.82) is 0 Å². The van der Waals surface area contributed by atoms with E-state index < -0.39 is 0 Å². The molecule has 3 aromatic rings. The van der Waals surface area contributed by atoms with Crippen molar-refractivity contribution < 1.29 is 9.53 Å². The molecule has 9 nitrogen and oxygen atoms in total. The SMILES string of the molecule is C/B=C\CCCOCc1cc(C)[nH]c(=O)c1CNC(=O)c1cc(C2=CC(C)(C)NC(C)(C)C2)nc2c1cnn2C(C)C. The zero-order chi connectivity index (χ0) is 30.7. The van der Waals surface area contributed by atoms with Crippen LogP contribution in [0.3, 0.4) is 0 Å². The van der Waals surface area contributed by atoms with E-state index in [2.05, 4.69) is 60.5 Å². The van der Waals surface area contributed by atoms with Crippen molar-refractivity contribution >= 4 is 35.4 Å².